The van der Waals surface area contributed by atoms with Gasteiger partial charge in [-0.15, -0.1) is 0 Å². The number of thiol groups is 1. The maximum atomic E-state index is 10.5. The minimum atomic E-state index is -0.853. The van der Waals surface area contributed by atoms with Crippen molar-refractivity contribution in [3.05, 3.63) is 12.2 Å². The molecule has 0 saturated carbocycles. The summed E-state index contributed by atoms with van der Waals surface area (Å²) in [6.45, 7) is 3.52. The largest absolute Gasteiger partial charge is 0.478 e. The van der Waals surface area contributed by atoms with E-state index in [0.717, 1.165) is 18.6 Å². The maximum absolute atomic E-state index is 10.5. The van der Waals surface area contributed by atoms with Crippen LogP contribution in [-0.2, 0) is 4.79 Å². The fraction of sp³-hybridized carbons (Fsp3) is 0.786. The van der Waals surface area contributed by atoms with Crippen LogP contribution >= 0.6 is 12.6 Å². The van der Waals surface area contributed by atoms with Gasteiger partial charge < -0.3 is 5.11 Å². The monoisotopic (exact) mass is 258 g/mol. The van der Waals surface area contributed by atoms with E-state index in [-0.39, 0.29) is 0 Å². The van der Waals surface area contributed by atoms with Crippen molar-refractivity contribution >= 4 is 18.6 Å². The van der Waals surface area contributed by atoms with Crippen molar-refractivity contribution in [3.63, 3.8) is 0 Å². The zero-order valence-electron chi connectivity index (χ0n) is 10.8. The van der Waals surface area contributed by atoms with Gasteiger partial charge in [-0.2, -0.15) is 12.6 Å². The zero-order valence-corrected chi connectivity index (χ0v) is 11.7. The van der Waals surface area contributed by atoms with E-state index in [2.05, 4.69) is 19.2 Å². The van der Waals surface area contributed by atoms with Gasteiger partial charge in [-0.25, -0.2) is 4.79 Å². The molecule has 0 atom stereocenters. The average Bonchev–Trinajstić information content (AvgIpc) is 2.31. The average molecular weight is 258 g/mol. The van der Waals surface area contributed by atoms with Crippen LogP contribution in [-0.4, -0.2) is 16.8 Å². The number of unbranched alkanes of at least 4 members (excludes halogenated alkanes) is 8. The van der Waals surface area contributed by atoms with Crippen LogP contribution in [0.1, 0.15) is 64.2 Å². The molecule has 100 valence electrons. The molecule has 2 nitrogen and oxygen atoms in total. The summed E-state index contributed by atoms with van der Waals surface area (Å²) in [5, 5.41) is 8.62. The summed E-state index contributed by atoms with van der Waals surface area (Å²) in [6, 6.07) is 0. The molecule has 0 fully saturated rings. The van der Waals surface area contributed by atoms with Gasteiger partial charge in [0, 0.05) is 5.57 Å². The van der Waals surface area contributed by atoms with Gasteiger partial charge in [0.1, 0.15) is 0 Å². The topological polar surface area (TPSA) is 37.3 Å². The number of carboxylic acid groups (broad SMARTS) is 1. The molecule has 0 radical (unpaired) electrons. The molecule has 0 aliphatic carbocycles. The van der Waals surface area contributed by atoms with E-state index in [0.29, 0.717) is 12.0 Å². The first-order valence-corrected chi connectivity index (χ1v) is 7.33. The lowest BCUT2D eigenvalue weighted by molar-refractivity contribution is -0.132. The first-order valence-electron chi connectivity index (χ1n) is 6.70. The van der Waals surface area contributed by atoms with Crippen molar-refractivity contribution < 1.29 is 9.90 Å². The number of hydrogen-bond acceptors (Lipinski definition) is 2. The summed E-state index contributed by atoms with van der Waals surface area (Å²) >= 11 is 4.18. The summed E-state index contributed by atoms with van der Waals surface area (Å²) < 4.78 is 0. The van der Waals surface area contributed by atoms with Crippen molar-refractivity contribution in [2.45, 2.75) is 64.2 Å². The molecule has 0 heterocycles. The molecule has 0 bridgehead atoms. The predicted octanol–water partition coefficient (Wildman–Crippen LogP) is 4.46. The Balaban J connectivity index is 3.08. The van der Waals surface area contributed by atoms with Crippen LogP contribution in [0.15, 0.2) is 12.2 Å². The van der Waals surface area contributed by atoms with Crippen LogP contribution < -0.4 is 0 Å². The number of aliphatic carboxylic acids is 1. The van der Waals surface area contributed by atoms with Gasteiger partial charge >= 0.3 is 5.97 Å². The standard InChI is InChI=1S/C14H26O2S/c1-13(14(15)16)11-9-7-5-3-2-4-6-8-10-12-17/h17H,1-12H2,(H,15,16). The van der Waals surface area contributed by atoms with Gasteiger partial charge in [0.2, 0.25) is 0 Å². The number of hydrogen-bond donors (Lipinski definition) is 2. The van der Waals surface area contributed by atoms with Crippen molar-refractivity contribution in [2.75, 3.05) is 5.75 Å². The van der Waals surface area contributed by atoms with Crippen molar-refractivity contribution in [1.29, 1.82) is 0 Å². The van der Waals surface area contributed by atoms with Crippen molar-refractivity contribution in [2.24, 2.45) is 0 Å². The summed E-state index contributed by atoms with van der Waals surface area (Å²) in [4.78, 5) is 10.5. The fourth-order valence-electron chi connectivity index (χ4n) is 1.79. The van der Waals surface area contributed by atoms with Crippen LogP contribution in [0.5, 0.6) is 0 Å². The van der Waals surface area contributed by atoms with E-state index >= 15 is 0 Å². The summed E-state index contributed by atoms with van der Waals surface area (Å²) in [5.41, 5.74) is 0.344. The molecule has 0 spiro atoms. The summed E-state index contributed by atoms with van der Waals surface area (Å²) in [6.07, 6.45) is 11.7. The molecule has 0 rings (SSSR count). The molecule has 3 heteroatoms. The van der Waals surface area contributed by atoms with Crippen LogP contribution in [0.25, 0.3) is 0 Å². The quantitative estimate of drug-likeness (QED) is 0.308. The van der Waals surface area contributed by atoms with Gasteiger partial charge in [-0.05, 0) is 25.0 Å². The van der Waals surface area contributed by atoms with Gasteiger partial charge in [-0.1, -0.05) is 51.5 Å². The Morgan fingerprint density at radius 1 is 0.882 bits per heavy atom. The van der Waals surface area contributed by atoms with Gasteiger partial charge in [0.25, 0.3) is 0 Å². The Morgan fingerprint density at radius 2 is 1.29 bits per heavy atom. The highest BCUT2D eigenvalue weighted by molar-refractivity contribution is 7.80. The first-order chi connectivity index (χ1) is 8.18. The van der Waals surface area contributed by atoms with E-state index < -0.39 is 5.97 Å². The van der Waals surface area contributed by atoms with Gasteiger partial charge in [-0.3, -0.25) is 0 Å². The van der Waals surface area contributed by atoms with E-state index in [1.807, 2.05) is 0 Å². The number of rotatable bonds is 12. The minimum absolute atomic E-state index is 0.344. The second-order valence-corrected chi connectivity index (χ2v) is 5.01. The van der Waals surface area contributed by atoms with Crippen LogP contribution in [0, 0.1) is 0 Å². The van der Waals surface area contributed by atoms with Gasteiger partial charge in [0.15, 0.2) is 0 Å². The molecular formula is C14H26O2S. The second-order valence-electron chi connectivity index (χ2n) is 4.56. The normalized spacial score (nSPS) is 10.4. The molecule has 0 unspecified atom stereocenters. The molecule has 1 N–H and O–H groups in total. The lowest BCUT2D eigenvalue weighted by Gasteiger charge is -2.02. The maximum Gasteiger partial charge on any atom is 0.330 e. The van der Waals surface area contributed by atoms with Crippen molar-refractivity contribution in [1.82, 2.24) is 0 Å². The third-order valence-electron chi connectivity index (χ3n) is 2.94. The zero-order chi connectivity index (χ0) is 12.9. The van der Waals surface area contributed by atoms with E-state index in [1.165, 1.54) is 44.9 Å². The molecule has 0 aliphatic rings. The highest BCUT2D eigenvalue weighted by Crippen LogP contribution is 2.12. The Hall–Kier alpha value is -0.440. The Kier molecular flexibility index (Phi) is 11.7. The van der Waals surface area contributed by atoms with Gasteiger partial charge in [0.05, 0.1) is 0 Å². The first kappa shape index (κ1) is 16.6. The predicted molar refractivity (Wildman–Crippen MR) is 76.8 cm³/mol. The second kappa shape index (κ2) is 12.0. The lowest BCUT2D eigenvalue weighted by Crippen LogP contribution is -1.98. The third kappa shape index (κ3) is 11.8. The molecule has 0 amide bonds. The SMILES string of the molecule is C=C(CCCCCCCCCCCS)C(=O)O. The molecule has 0 aromatic rings. The lowest BCUT2D eigenvalue weighted by atomic mass is 10.0. The Labute approximate surface area is 111 Å². The smallest absolute Gasteiger partial charge is 0.330 e. The highest BCUT2D eigenvalue weighted by atomic mass is 32.1. The van der Waals surface area contributed by atoms with E-state index in [9.17, 15) is 4.79 Å². The number of carbonyl (C=O) groups is 1. The van der Waals surface area contributed by atoms with E-state index in [4.69, 9.17) is 5.11 Å². The highest BCUT2D eigenvalue weighted by Gasteiger charge is 2.02. The van der Waals surface area contributed by atoms with Crippen molar-refractivity contribution in [3.8, 4) is 0 Å². The number of carboxylic acids is 1. The third-order valence-corrected chi connectivity index (χ3v) is 3.26. The molecule has 0 aromatic carbocycles. The molecular weight excluding hydrogens is 232 g/mol. The molecule has 0 aromatic heterocycles. The fourth-order valence-corrected chi connectivity index (χ4v) is 2.02. The molecule has 0 aliphatic heterocycles. The van der Waals surface area contributed by atoms with Crippen LogP contribution in [0.4, 0.5) is 0 Å². The minimum Gasteiger partial charge on any atom is -0.478 e. The van der Waals surface area contributed by atoms with E-state index in [1.54, 1.807) is 0 Å². The molecule has 17 heavy (non-hydrogen) atoms. The van der Waals surface area contributed by atoms with Crippen LogP contribution in [0.2, 0.25) is 0 Å². The summed E-state index contributed by atoms with van der Waals surface area (Å²) in [7, 11) is 0. The molecule has 0 saturated heterocycles. The van der Waals surface area contributed by atoms with Crippen LogP contribution in [0.3, 0.4) is 0 Å². The Bertz CT molecular complexity index is 214. The summed E-state index contributed by atoms with van der Waals surface area (Å²) in [5.74, 6) is 0.155. The Morgan fingerprint density at radius 3 is 1.71 bits per heavy atom.